The lowest BCUT2D eigenvalue weighted by Gasteiger charge is -2.20. The van der Waals surface area contributed by atoms with E-state index in [1.165, 1.54) is 6.07 Å². The maximum absolute atomic E-state index is 13.5. The predicted molar refractivity (Wildman–Crippen MR) is 144 cm³/mol. The smallest absolute Gasteiger partial charge is 0.213 e. The molecule has 2 aromatic carbocycles. The van der Waals surface area contributed by atoms with E-state index in [0.717, 1.165) is 36.1 Å². The Bertz CT molecular complexity index is 1260. The SMILES string of the molecule is CNN[C@@H]1CCC[C@@H]1N=C(N)/C(=C/[O-])C(=NCc1ccc(-c2cccc(F)n2)cc1)Nc1ccccc1. The van der Waals surface area contributed by atoms with Crippen molar-refractivity contribution in [2.75, 3.05) is 12.4 Å². The zero-order valence-electron chi connectivity index (χ0n) is 20.7. The van der Waals surface area contributed by atoms with Crippen LogP contribution in [-0.2, 0) is 6.54 Å². The molecule has 1 aromatic heterocycles. The Morgan fingerprint density at radius 1 is 1.08 bits per heavy atom. The Balaban J connectivity index is 1.57. The van der Waals surface area contributed by atoms with Crippen molar-refractivity contribution in [2.45, 2.75) is 37.9 Å². The maximum Gasteiger partial charge on any atom is 0.213 e. The summed E-state index contributed by atoms with van der Waals surface area (Å²) in [6.45, 7) is 0.296. The standard InChI is InChI=1S/C28H32FN7O/c1-31-36-25-11-5-10-24(25)35-27(30)22(18-37)28(33-21-7-3-2-4-8-21)32-17-19-13-15-20(16-14-19)23-9-6-12-26(29)34-23/h2-4,6-9,12-16,18,24-25,31,36-37H,5,10-11,17H2,1H3,(H2,30,35)(H,32,33)/p-1/b22-18-/t24-,25+/m0/s1. The number of nitrogens with zero attached hydrogens (tertiary/aromatic N) is 3. The van der Waals surface area contributed by atoms with Gasteiger partial charge in [-0.2, -0.15) is 4.39 Å². The molecule has 1 fully saturated rings. The van der Waals surface area contributed by atoms with Crippen LogP contribution in [0.2, 0.25) is 0 Å². The molecule has 0 amide bonds. The van der Waals surface area contributed by atoms with Crippen molar-refractivity contribution in [3.63, 3.8) is 0 Å². The van der Waals surface area contributed by atoms with Crippen molar-refractivity contribution in [1.82, 2.24) is 15.8 Å². The molecule has 0 spiro atoms. The minimum atomic E-state index is -0.523. The molecule has 3 aromatic rings. The Kier molecular flexibility index (Phi) is 8.96. The van der Waals surface area contributed by atoms with Gasteiger partial charge in [0.15, 0.2) is 0 Å². The summed E-state index contributed by atoms with van der Waals surface area (Å²) in [5, 5.41) is 15.4. The van der Waals surface area contributed by atoms with Crippen LogP contribution in [-0.4, -0.2) is 35.8 Å². The largest absolute Gasteiger partial charge is 0.877 e. The first-order valence-corrected chi connectivity index (χ1v) is 12.2. The molecular weight excluding hydrogens is 469 g/mol. The van der Waals surface area contributed by atoms with Crippen LogP contribution < -0.4 is 27.0 Å². The van der Waals surface area contributed by atoms with Gasteiger partial charge in [-0.15, -0.1) is 6.26 Å². The van der Waals surface area contributed by atoms with Crippen LogP contribution >= 0.6 is 0 Å². The van der Waals surface area contributed by atoms with E-state index in [4.69, 9.17) is 10.7 Å². The minimum Gasteiger partial charge on any atom is -0.877 e. The molecule has 9 heteroatoms. The quantitative estimate of drug-likeness (QED) is 0.118. The summed E-state index contributed by atoms with van der Waals surface area (Å²) in [5.74, 6) is -0.0291. The summed E-state index contributed by atoms with van der Waals surface area (Å²) in [4.78, 5) is 13.3. The summed E-state index contributed by atoms with van der Waals surface area (Å²) in [6, 6.07) is 21.8. The van der Waals surface area contributed by atoms with E-state index in [2.05, 4.69) is 26.1 Å². The Morgan fingerprint density at radius 3 is 2.57 bits per heavy atom. The van der Waals surface area contributed by atoms with E-state index < -0.39 is 5.95 Å². The second-order valence-electron chi connectivity index (χ2n) is 8.74. The molecule has 37 heavy (non-hydrogen) atoms. The second kappa shape index (κ2) is 12.8. The van der Waals surface area contributed by atoms with E-state index in [9.17, 15) is 9.50 Å². The molecule has 192 valence electrons. The first-order valence-electron chi connectivity index (χ1n) is 12.2. The zero-order valence-corrected chi connectivity index (χ0v) is 20.7. The number of nitrogens with two attached hydrogens (primary N) is 1. The topological polar surface area (TPSA) is 123 Å². The monoisotopic (exact) mass is 500 g/mol. The molecule has 1 aliphatic rings. The van der Waals surface area contributed by atoms with Crippen molar-refractivity contribution in [1.29, 1.82) is 0 Å². The number of rotatable bonds is 9. The molecule has 4 rings (SSSR count). The van der Waals surface area contributed by atoms with Crippen LogP contribution in [0.4, 0.5) is 10.1 Å². The highest BCUT2D eigenvalue weighted by atomic mass is 19.1. The van der Waals surface area contributed by atoms with Crippen LogP contribution in [0.3, 0.4) is 0 Å². The summed E-state index contributed by atoms with van der Waals surface area (Å²) in [6.07, 6.45) is 3.59. The van der Waals surface area contributed by atoms with E-state index in [1.807, 2.05) is 61.6 Å². The lowest BCUT2D eigenvalue weighted by atomic mass is 10.1. The average Bonchev–Trinajstić information content (AvgIpc) is 3.35. The van der Waals surface area contributed by atoms with Crippen molar-refractivity contribution in [2.24, 2.45) is 15.7 Å². The van der Waals surface area contributed by atoms with Crippen molar-refractivity contribution >= 4 is 17.4 Å². The lowest BCUT2D eigenvalue weighted by molar-refractivity contribution is -0.275. The van der Waals surface area contributed by atoms with Gasteiger partial charge >= 0.3 is 0 Å². The number of hydrogen-bond donors (Lipinski definition) is 4. The number of benzene rings is 2. The fourth-order valence-electron chi connectivity index (χ4n) is 4.30. The lowest BCUT2D eigenvalue weighted by Crippen LogP contribution is -2.43. The number of anilines is 1. The van der Waals surface area contributed by atoms with Crippen LogP contribution in [0, 0.1) is 5.95 Å². The number of halogens is 1. The molecule has 1 heterocycles. The van der Waals surface area contributed by atoms with Crippen molar-refractivity contribution in [3.05, 3.63) is 96.1 Å². The van der Waals surface area contributed by atoms with Gasteiger partial charge in [0.2, 0.25) is 5.95 Å². The van der Waals surface area contributed by atoms with Gasteiger partial charge < -0.3 is 16.2 Å². The van der Waals surface area contributed by atoms with E-state index in [-0.39, 0.29) is 23.5 Å². The number of hydrogen-bond acceptors (Lipinski definition) is 6. The maximum atomic E-state index is 13.5. The number of para-hydroxylation sites is 1. The van der Waals surface area contributed by atoms with E-state index in [1.54, 1.807) is 12.1 Å². The number of amidine groups is 2. The number of hydrazine groups is 1. The van der Waals surface area contributed by atoms with Crippen LogP contribution in [0.5, 0.6) is 0 Å². The van der Waals surface area contributed by atoms with Gasteiger partial charge in [-0.05, 0) is 56.1 Å². The van der Waals surface area contributed by atoms with Gasteiger partial charge in [0, 0.05) is 22.9 Å². The molecule has 0 aliphatic heterocycles. The van der Waals surface area contributed by atoms with Gasteiger partial charge in [0.25, 0.3) is 0 Å². The summed E-state index contributed by atoms with van der Waals surface area (Å²) in [7, 11) is 1.82. The van der Waals surface area contributed by atoms with Crippen molar-refractivity contribution in [3.8, 4) is 11.3 Å². The van der Waals surface area contributed by atoms with Gasteiger partial charge in [-0.1, -0.05) is 48.5 Å². The summed E-state index contributed by atoms with van der Waals surface area (Å²) >= 11 is 0. The molecule has 5 N–H and O–H groups in total. The fourth-order valence-corrected chi connectivity index (χ4v) is 4.30. The number of aromatic nitrogens is 1. The first kappa shape index (κ1) is 26.0. The Labute approximate surface area is 216 Å². The molecule has 2 atom stereocenters. The van der Waals surface area contributed by atoms with Gasteiger partial charge in [0.1, 0.15) is 11.7 Å². The van der Waals surface area contributed by atoms with E-state index >= 15 is 0 Å². The fraction of sp³-hybridized carbons (Fsp3) is 0.250. The highest BCUT2D eigenvalue weighted by Gasteiger charge is 2.27. The summed E-state index contributed by atoms with van der Waals surface area (Å²) < 4.78 is 13.5. The second-order valence-corrected chi connectivity index (χ2v) is 8.74. The van der Waals surface area contributed by atoms with Crippen LogP contribution in [0.25, 0.3) is 11.3 Å². The third kappa shape index (κ3) is 6.99. The van der Waals surface area contributed by atoms with Crippen molar-refractivity contribution < 1.29 is 9.50 Å². The molecular formula is C28H31FN7O-. The van der Waals surface area contributed by atoms with Gasteiger partial charge in [-0.3, -0.25) is 20.8 Å². The molecule has 0 bridgehead atoms. The number of aliphatic imine (C=N–C) groups is 2. The summed E-state index contributed by atoms with van der Waals surface area (Å²) in [5.41, 5.74) is 15.8. The van der Waals surface area contributed by atoms with Gasteiger partial charge in [0.05, 0.1) is 18.3 Å². The highest BCUT2D eigenvalue weighted by molar-refractivity contribution is 6.26. The Hall–Kier alpha value is -4.08. The molecule has 0 unspecified atom stereocenters. The molecule has 0 radical (unpaired) electrons. The Morgan fingerprint density at radius 2 is 1.86 bits per heavy atom. The first-order chi connectivity index (χ1) is 18.1. The van der Waals surface area contributed by atoms with Crippen LogP contribution in [0.1, 0.15) is 24.8 Å². The molecule has 1 saturated carbocycles. The average molecular weight is 501 g/mol. The van der Waals surface area contributed by atoms with Crippen LogP contribution in [0.15, 0.2) is 94.6 Å². The van der Waals surface area contributed by atoms with E-state index in [0.29, 0.717) is 24.3 Å². The number of nitrogens with one attached hydrogen (secondary N) is 3. The third-order valence-electron chi connectivity index (χ3n) is 6.18. The highest BCUT2D eigenvalue weighted by Crippen LogP contribution is 2.23. The third-order valence-corrected chi connectivity index (χ3v) is 6.18. The van der Waals surface area contributed by atoms with Gasteiger partial charge in [-0.25, -0.2) is 4.98 Å². The minimum absolute atomic E-state index is 0.0376. The molecule has 0 saturated heterocycles. The normalized spacial score (nSPS) is 18.7. The molecule has 1 aliphatic carbocycles. The zero-order chi connectivity index (χ0) is 26.0. The molecule has 8 nitrogen and oxygen atoms in total. The number of pyridine rings is 1. The predicted octanol–water partition coefficient (Wildman–Crippen LogP) is 3.14.